The number of carbonyl (C=O) groups excluding carboxylic acids is 1. The standard InChI is InChI=1S/C18H31N3O3/c1-5-21(13-17-8-7-14(2)24-17)18(22)19-9-6-10-20-11-15(3)23-16(4)12-20/h7-8,15-16H,5-6,9-13H2,1-4H3,(H,19,22)/t15-,16+. The Balaban J connectivity index is 1.67. The predicted octanol–water partition coefficient (Wildman–Crippen LogP) is 2.62. The fraction of sp³-hybridized carbons (Fsp3) is 0.722. The molecule has 1 aliphatic rings. The van der Waals surface area contributed by atoms with Gasteiger partial charge in [-0.25, -0.2) is 4.79 Å². The Morgan fingerprint density at radius 3 is 2.62 bits per heavy atom. The Morgan fingerprint density at radius 2 is 2.04 bits per heavy atom. The van der Waals surface area contributed by atoms with E-state index < -0.39 is 0 Å². The maximum absolute atomic E-state index is 12.3. The molecule has 1 aromatic rings. The Labute approximate surface area is 145 Å². The number of nitrogens with one attached hydrogen (secondary N) is 1. The summed E-state index contributed by atoms with van der Waals surface area (Å²) in [6, 6.07) is 3.81. The molecule has 2 amide bonds. The van der Waals surface area contributed by atoms with Gasteiger partial charge in [0, 0.05) is 32.7 Å². The lowest BCUT2D eigenvalue weighted by Crippen LogP contribution is -2.46. The largest absolute Gasteiger partial charge is 0.464 e. The second-order valence-electron chi connectivity index (χ2n) is 6.63. The fourth-order valence-electron chi connectivity index (χ4n) is 3.16. The van der Waals surface area contributed by atoms with Crippen molar-refractivity contribution >= 4 is 6.03 Å². The molecule has 0 saturated carbocycles. The maximum atomic E-state index is 12.3. The molecule has 1 aliphatic heterocycles. The molecule has 2 atom stereocenters. The molecule has 6 nitrogen and oxygen atoms in total. The normalized spacial score (nSPS) is 21.7. The third-order valence-electron chi connectivity index (χ3n) is 4.23. The zero-order valence-electron chi connectivity index (χ0n) is 15.4. The first-order valence-electron chi connectivity index (χ1n) is 8.93. The lowest BCUT2D eigenvalue weighted by molar-refractivity contribution is -0.0679. The van der Waals surface area contributed by atoms with Crippen LogP contribution in [0.25, 0.3) is 0 Å². The Morgan fingerprint density at radius 1 is 1.33 bits per heavy atom. The van der Waals surface area contributed by atoms with E-state index in [1.54, 1.807) is 4.90 Å². The van der Waals surface area contributed by atoms with Gasteiger partial charge in [-0.2, -0.15) is 0 Å². The number of urea groups is 1. The van der Waals surface area contributed by atoms with Crippen molar-refractivity contribution < 1.29 is 13.9 Å². The van der Waals surface area contributed by atoms with E-state index in [9.17, 15) is 4.79 Å². The smallest absolute Gasteiger partial charge is 0.317 e. The summed E-state index contributed by atoms with van der Waals surface area (Å²) in [6.45, 7) is 12.9. The summed E-state index contributed by atoms with van der Waals surface area (Å²) >= 11 is 0. The van der Waals surface area contributed by atoms with Crippen LogP contribution in [0.3, 0.4) is 0 Å². The number of furan rings is 1. The average molecular weight is 337 g/mol. The molecule has 0 aromatic carbocycles. The molecule has 1 N–H and O–H groups in total. The number of morpholine rings is 1. The highest BCUT2D eigenvalue weighted by Crippen LogP contribution is 2.11. The predicted molar refractivity (Wildman–Crippen MR) is 94.0 cm³/mol. The molecule has 1 aromatic heterocycles. The second-order valence-corrected chi connectivity index (χ2v) is 6.63. The van der Waals surface area contributed by atoms with Crippen LogP contribution < -0.4 is 5.32 Å². The summed E-state index contributed by atoms with van der Waals surface area (Å²) in [6.07, 6.45) is 1.52. The first-order valence-corrected chi connectivity index (χ1v) is 8.93. The van der Waals surface area contributed by atoms with Crippen LogP contribution in [0.4, 0.5) is 4.79 Å². The minimum atomic E-state index is -0.0322. The molecule has 136 valence electrons. The summed E-state index contributed by atoms with van der Waals surface area (Å²) in [5.74, 6) is 1.69. The molecule has 0 spiro atoms. The lowest BCUT2D eigenvalue weighted by Gasteiger charge is -2.35. The van der Waals surface area contributed by atoms with Crippen molar-refractivity contribution in [1.29, 1.82) is 0 Å². The number of ether oxygens (including phenoxy) is 1. The second kappa shape index (κ2) is 9.08. The summed E-state index contributed by atoms with van der Waals surface area (Å²) in [4.78, 5) is 16.5. The van der Waals surface area contributed by atoms with Crippen molar-refractivity contribution in [3.63, 3.8) is 0 Å². The number of hydrogen-bond donors (Lipinski definition) is 1. The maximum Gasteiger partial charge on any atom is 0.317 e. The summed E-state index contributed by atoms with van der Waals surface area (Å²) in [7, 11) is 0. The average Bonchev–Trinajstić information content (AvgIpc) is 2.93. The van der Waals surface area contributed by atoms with E-state index in [4.69, 9.17) is 9.15 Å². The van der Waals surface area contributed by atoms with Crippen molar-refractivity contribution in [1.82, 2.24) is 15.1 Å². The number of amides is 2. The first-order chi connectivity index (χ1) is 11.5. The van der Waals surface area contributed by atoms with E-state index in [0.717, 1.165) is 37.6 Å². The van der Waals surface area contributed by atoms with Gasteiger partial charge in [0.05, 0.1) is 18.8 Å². The van der Waals surface area contributed by atoms with Gasteiger partial charge in [0.2, 0.25) is 0 Å². The van der Waals surface area contributed by atoms with E-state index in [1.165, 1.54) is 0 Å². The van der Waals surface area contributed by atoms with Gasteiger partial charge in [-0.05, 0) is 46.2 Å². The molecule has 2 rings (SSSR count). The highest BCUT2D eigenvalue weighted by Gasteiger charge is 2.21. The Hall–Kier alpha value is -1.53. The third kappa shape index (κ3) is 5.83. The minimum absolute atomic E-state index is 0.0322. The molecule has 0 unspecified atom stereocenters. The monoisotopic (exact) mass is 337 g/mol. The number of hydrogen-bond acceptors (Lipinski definition) is 4. The molecular formula is C18H31N3O3. The van der Waals surface area contributed by atoms with Crippen molar-refractivity contribution in [2.24, 2.45) is 0 Å². The molecule has 24 heavy (non-hydrogen) atoms. The summed E-state index contributed by atoms with van der Waals surface area (Å²) in [5, 5.41) is 3.01. The van der Waals surface area contributed by atoms with Crippen molar-refractivity contribution in [3.8, 4) is 0 Å². The van der Waals surface area contributed by atoms with Crippen LogP contribution >= 0.6 is 0 Å². The van der Waals surface area contributed by atoms with Gasteiger partial charge < -0.3 is 19.4 Å². The number of nitrogens with zero attached hydrogens (tertiary/aromatic N) is 2. The highest BCUT2D eigenvalue weighted by atomic mass is 16.5. The molecule has 0 bridgehead atoms. The Bertz CT molecular complexity index is 507. The van der Waals surface area contributed by atoms with Gasteiger partial charge >= 0.3 is 6.03 Å². The van der Waals surface area contributed by atoms with E-state index in [2.05, 4.69) is 24.1 Å². The van der Waals surface area contributed by atoms with Crippen molar-refractivity contribution in [3.05, 3.63) is 23.7 Å². The quantitative estimate of drug-likeness (QED) is 0.777. The third-order valence-corrected chi connectivity index (χ3v) is 4.23. The highest BCUT2D eigenvalue weighted by molar-refractivity contribution is 5.74. The topological polar surface area (TPSA) is 58.0 Å². The van der Waals surface area contributed by atoms with Gasteiger partial charge in [-0.15, -0.1) is 0 Å². The molecule has 2 heterocycles. The molecule has 0 radical (unpaired) electrons. The van der Waals surface area contributed by atoms with E-state index in [-0.39, 0.29) is 18.2 Å². The summed E-state index contributed by atoms with van der Waals surface area (Å²) < 4.78 is 11.3. The summed E-state index contributed by atoms with van der Waals surface area (Å²) in [5.41, 5.74) is 0. The van der Waals surface area contributed by atoms with Crippen LogP contribution in [-0.4, -0.2) is 60.8 Å². The minimum Gasteiger partial charge on any atom is -0.464 e. The van der Waals surface area contributed by atoms with E-state index in [1.807, 2.05) is 26.0 Å². The lowest BCUT2D eigenvalue weighted by atomic mass is 10.2. The number of aryl methyl sites for hydroxylation is 1. The number of rotatable bonds is 7. The zero-order chi connectivity index (χ0) is 17.5. The molecule has 0 aliphatic carbocycles. The fourth-order valence-corrected chi connectivity index (χ4v) is 3.16. The van der Waals surface area contributed by atoms with E-state index >= 15 is 0 Å². The van der Waals surface area contributed by atoms with E-state index in [0.29, 0.717) is 19.6 Å². The van der Waals surface area contributed by atoms with Gasteiger partial charge in [0.15, 0.2) is 0 Å². The molecule has 1 saturated heterocycles. The molecular weight excluding hydrogens is 306 g/mol. The molecule has 1 fully saturated rings. The zero-order valence-corrected chi connectivity index (χ0v) is 15.4. The van der Waals surface area contributed by atoms with Crippen LogP contribution in [0.15, 0.2) is 16.5 Å². The van der Waals surface area contributed by atoms with Crippen molar-refractivity contribution in [2.75, 3.05) is 32.7 Å². The SMILES string of the molecule is CCN(Cc1ccc(C)o1)C(=O)NCCCN1C[C@@H](C)O[C@@H](C)C1. The van der Waals surface area contributed by atoms with Gasteiger partial charge in [0.25, 0.3) is 0 Å². The van der Waals surface area contributed by atoms with Crippen LogP contribution in [0.5, 0.6) is 0 Å². The first kappa shape index (κ1) is 18.8. The van der Waals surface area contributed by atoms with Gasteiger partial charge in [0.1, 0.15) is 11.5 Å². The van der Waals surface area contributed by atoms with Gasteiger partial charge in [-0.3, -0.25) is 4.90 Å². The van der Waals surface area contributed by atoms with Crippen molar-refractivity contribution in [2.45, 2.75) is 52.9 Å². The number of carbonyl (C=O) groups is 1. The van der Waals surface area contributed by atoms with Gasteiger partial charge in [-0.1, -0.05) is 0 Å². The van der Waals surface area contributed by atoms with Crippen LogP contribution in [-0.2, 0) is 11.3 Å². The Kier molecular flexibility index (Phi) is 7.12. The van der Waals surface area contributed by atoms with Crippen LogP contribution in [0, 0.1) is 6.92 Å². The van der Waals surface area contributed by atoms with Crippen LogP contribution in [0.1, 0.15) is 38.7 Å². The molecule has 6 heteroatoms. The van der Waals surface area contributed by atoms with Crippen LogP contribution in [0.2, 0.25) is 0 Å².